The fourth-order valence-electron chi connectivity index (χ4n) is 1.90. The molecule has 33 heavy (non-hydrogen) atoms. The van der Waals surface area contributed by atoms with Crippen molar-refractivity contribution in [3.05, 3.63) is 0 Å². The van der Waals surface area contributed by atoms with E-state index in [0.29, 0.717) is 0 Å². The van der Waals surface area contributed by atoms with Crippen LogP contribution in [0.25, 0.3) is 0 Å². The van der Waals surface area contributed by atoms with Gasteiger partial charge in [-0.1, -0.05) is 0 Å². The van der Waals surface area contributed by atoms with Crippen molar-refractivity contribution in [2.75, 3.05) is 78.9 Å². The summed E-state index contributed by atoms with van der Waals surface area (Å²) >= 11 is 0. The minimum absolute atomic E-state index is 0. The third kappa shape index (κ3) is 35.7. The first-order valence-electron chi connectivity index (χ1n) is 8.81. The molecule has 0 spiro atoms. The van der Waals surface area contributed by atoms with E-state index in [1.54, 1.807) is 0 Å². The van der Waals surface area contributed by atoms with Crippen molar-refractivity contribution >= 4 is 46.9 Å². The third-order valence-corrected chi connectivity index (χ3v) is 3.01. The Bertz CT molecular complexity index is 444. The summed E-state index contributed by atoms with van der Waals surface area (Å²) in [5.74, 6) is -4.55. The minimum Gasteiger partial charge on any atom is -1.00 e. The van der Waals surface area contributed by atoms with Gasteiger partial charge in [0.1, 0.15) is 0 Å². The van der Waals surface area contributed by atoms with Gasteiger partial charge in [-0.15, -0.1) is 0 Å². The minimum atomic E-state index is -1.14. The second-order valence-corrected chi connectivity index (χ2v) is 5.67. The molecular formula is C16H30Cl2MgN2O12. The average Bonchev–Trinajstić information content (AvgIpc) is 2.61. The Morgan fingerprint density at radius 2 is 0.788 bits per heavy atom. The van der Waals surface area contributed by atoms with Crippen LogP contribution in [-0.4, -0.2) is 166 Å². The molecule has 0 unspecified atom stereocenters. The molecule has 0 saturated heterocycles. The normalized spacial score (nSPS) is 9.58. The molecule has 0 amide bonds. The maximum atomic E-state index is 10.6. The Kier molecular flexibility index (Phi) is 37.1. The number of carboxylic acid groups (broad SMARTS) is 4. The van der Waals surface area contributed by atoms with Crippen LogP contribution in [0.1, 0.15) is 0 Å². The topological polar surface area (TPSA) is 215 Å². The fraction of sp³-hybridized carbons (Fsp3) is 0.750. The van der Waals surface area contributed by atoms with Crippen LogP contribution in [0, 0.1) is 0 Å². The number of hydrogen-bond donors (Lipinski definition) is 6. The van der Waals surface area contributed by atoms with Crippen molar-refractivity contribution in [2.24, 2.45) is 0 Å². The van der Waals surface area contributed by atoms with Crippen LogP contribution < -0.4 is 24.8 Å². The summed E-state index contributed by atoms with van der Waals surface area (Å²) in [6.07, 6.45) is 0. The molecule has 0 aliphatic rings. The average molecular weight is 538 g/mol. The summed E-state index contributed by atoms with van der Waals surface area (Å²) in [6, 6.07) is 0. The Morgan fingerprint density at radius 1 is 0.545 bits per heavy atom. The summed E-state index contributed by atoms with van der Waals surface area (Å²) in [5.41, 5.74) is 0. The van der Waals surface area contributed by atoms with Gasteiger partial charge in [0.25, 0.3) is 0 Å². The molecule has 0 atom stereocenters. The summed E-state index contributed by atoms with van der Waals surface area (Å²) in [5, 5.41) is 50.0. The molecule has 0 fully saturated rings. The van der Waals surface area contributed by atoms with Gasteiger partial charge in [0.05, 0.1) is 65.8 Å². The number of hydrogen-bond acceptors (Lipinski definition) is 10. The molecule has 192 valence electrons. The quantitative estimate of drug-likeness (QED) is 0.0707. The molecule has 0 aliphatic heterocycles. The molecule has 0 aromatic heterocycles. The number of nitrogens with zero attached hydrogens (tertiary/aromatic N) is 2. The van der Waals surface area contributed by atoms with Gasteiger partial charge in [-0.3, -0.25) is 29.0 Å². The monoisotopic (exact) mass is 536 g/mol. The molecule has 0 aromatic carbocycles. The van der Waals surface area contributed by atoms with Crippen LogP contribution in [0.3, 0.4) is 0 Å². The predicted molar refractivity (Wildman–Crippen MR) is 105 cm³/mol. The van der Waals surface area contributed by atoms with E-state index in [1.165, 1.54) is 9.80 Å². The van der Waals surface area contributed by atoms with Crippen LogP contribution in [0.4, 0.5) is 0 Å². The van der Waals surface area contributed by atoms with E-state index in [-0.39, 0.29) is 101 Å². The molecule has 14 nitrogen and oxygen atoms in total. The summed E-state index contributed by atoms with van der Waals surface area (Å²) in [4.78, 5) is 44.9. The number of rotatable bonds is 18. The van der Waals surface area contributed by atoms with E-state index in [0.717, 1.165) is 0 Å². The van der Waals surface area contributed by atoms with Gasteiger partial charge in [0.15, 0.2) is 0 Å². The second kappa shape index (κ2) is 29.0. The number of ether oxygens (including phenoxy) is 2. The molecule has 0 radical (unpaired) electrons. The molecular weight excluding hydrogens is 507 g/mol. The maximum absolute atomic E-state index is 10.6. The maximum Gasteiger partial charge on any atom is 2.00 e. The van der Waals surface area contributed by atoms with Gasteiger partial charge in [-0.2, -0.15) is 0 Å². The summed E-state index contributed by atoms with van der Waals surface area (Å²) in [6.45, 7) is -1.04. The number of aliphatic carboxylic acids is 4. The predicted octanol–water partition coefficient (Wildman–Crippen LogP) is -9.44. The van der Waals surface area contributed by atoms with Gasteiger partial charge < -0.3 is 64.9 Å². The molecule has 0 aliphatic carbocycles. The van der Waals surface area contributed by atoms with Crippen molar-refractivity contribution in [2.45, 2.75) is 0 Å². The molecule has 0 bridgehead atoms. The van der Waals surface area contributed by atoms with Gasteiger partial charge in [0.2, 0.25) is 0 Å². The Labute approximate surface area is 219 Å². The molecule has 6 N–H and O–H groups in total. The second-order valence-electron chi connectivity index (χ2n) is 5.67. The molecule has 0 heterocycles. The first-order chi connectivity index (χ1) is 14.1. The van der Waals surface area contributed by atoms with E-state index in [1.807, 2.05) is 0 Å². The largest absolute Gasteiger partial charge is 2.00 e. The van der Waals surface area contributed by atoms with Crippen LogP contribution in [0.2, 0.25) is 0 Å². The number of halogens is 2. The fourth-order valence-corrected chi connectivity index (χ4v) is 1.90. The van der Waals surface area contributed by atoms with Crippen molar-refractivity contribution in [3.63, 3.8) is 0 Å². The van der Waals surface area contributed by atoms with Crippen LogP contribution in [0.15, 0.2) is 0 Å². The number of aliphatic hydroxyl groups is 2. The smallest absolute Gasteiger partial charge is 1.00 e. The van der Waals surface area contributed by atoms with Gasteiger partial charge in [0, 0.05) is 13.1 Å². The van der Waals surface area contributed by atoms with E-state index >= 15 is 0 Å². The zero-order valence-corrected chi connectivity index (χ0v) is 20.9. The summed E-state index contributed by atoms with van der Waals surface area (Å²) < 4.78 is 10.4. The first-order valence-corrected chi connectivity index (χ1v) is 8.81. The number of carboxylic acids is 4. The van der Waals surface area contributed by atoms with Crippen LogP contribution in [0.5, 0.6) is 0 Å². The van der Waals surface area contributed by atoms with Crippen LogP contribution in [-0.2, 0) is 28.7 Å². The first kappa shape index (κ1) is 42.2. The Hall–Kier alpha value is -1.01. The van der Waals surface area contributed by atoms with E-state index < -0.39 is 50.1 Å². The van der Waals surface area contributed by atoms with Gasteiger partial charge in [-0.25, -0.2) is 0 Å². The van der Waals surface area contributed by atoms with E-state index in [4.69, 9.17) is 40.1 Å². The standard InChI is InChI=1S/C14H24N2O10.C2H6O2.2ClH.Mg/c17-11(18)7-15(8-12(19)20)1-3-25-5-6-26-4-2-16(9-13(21)22)10-14(23)24;3-1-2-4;;;/h1-10H2,(H,17,18)(H,19,20)(H,21,22)(H,23,24);3-4H,1-2H2;2*1H;/q;;;;+2/p-2. The Morgan fingerprint density at radius 3 is 0.970 bits per heavy atom. The van der Waals surface area contributed by atoms with E-state index in [2.05, 4.69) is 0 Å². The number of carbonyl (C=O) groups is 4. The third-order valence-electron chi connectivity index (χ3n) is 3.01. The molecule has 0 saturated carbocycles. The SMILES string of the molecule is O=C(O)CN(CCOCCOCCN(CC(=O)O)CC(=O)O)CC(=O)O.OCCO.[Cl-].[Cl-].[Mg+2]. The molecule has 0 aromatic rings. The van der Waals surface area contributed by atoms with Gasteiger partial charge in [-0.05, 0) is 0 Å². The van der Waals surface area contributed by atoms with Crippen molar-refractivity contribution in [1.82, 2.24) is 9.80 Å². The van der Waals surface area contributed by atoms with Crippen LogP contribution >= 0.6 is 0 Å². The summed E-state index contributed by atoms with van der Waals surface area (Å²) in [7, 11) is 0. The molecule has 0 rings (SSSR count). The Balaban J connectivity index is -0.000000343. The zero-order valence-electron chi connectivity index (χ0n) is 18.0. The van der Waals surface area contributed by atoms with Gasteiger partial charge >= 0.3 is 46.9 Å². The zero-order chi connectivity index (χ0) is 23.4. The van der Waals surface area contributed by atoms with Crippen molar-refractivity contribution < 1.29 is 84.1 Å². The van der Waals surface area contributed by atoms with E-state index in [9.17, 15) is 19.2 Å². The molecule has 17 heteroatoms. The van der Waals surface area contributed by atoms with Crippen molar-refractivity contribution in [3.8, 4) is 0 Å². The number of aliphatic hydroxyl groups excluding tert-OH is 2. The van der Waals surface area contributed by atoms with Crippen molar-refractivity contribution in [1.29, 1.82) is 0 Å².